The highest BCUT2D eigenvalue weighted by molar-refractivity contribution is 6.31. The van der Waals surface area contributed by atoms with Crippen molar-refractivity contribution in [2.75, 3.05) is 40.5 Å². The normalized spacial score (nSPS) is 10.5. The quantitative estimate of drug-likeness (QED) is 0.708. The van der Waals surface area contributed by atoms with Gasteiger partial charge in [0, 0.05) is 44.4 Å². The Labute approximate surface area is 131 Å². The highest BCUT2D eigenvalue weighted by atomic mass is 35.5. The lowest BCUT2D eigenvalue weighted by molar-refractivity contribution is -0.131. The summed E-state index contributed by atoms with van der Waals surface area (Å²) in [7, 11) is 3.40. The van der Waals surface area contributed by atoms with Crippen LogP contribution >= 0.6 is 11.6 Å². The maximum absolute atomic E-state index is 11.8. The van der Waals surface area contributed by atoms with Crippen LogP contribution in [0.5, 0.6) is 5.75 Å². The monoisotopic (exact) mass is 314 g/mol. The van der Waals surface area contributed by atoms with E-state index in [9.17, 15) is 4.79 Å². The van der Waals surface area contributed by atoms with E-state index in [0.717, 1.165) is 12.1 Å². The van der Waals surface area contributed by atoms with Crippen LogP contribution < -0.4 is 10.1 Å². The second kappa shape index (κ2) is 9.60. The Morgan fingerprint density at radius 1 is 1.43 bits per heavy atom. The number of nitrogens with one attached hydrogen (secondary N) is 1. The summed E-state index contributed by atoms with van der Waals surface area (Å²) in [5, 5.41) is 3.84. The number of halogens is 1. The highest BCUT2D eigenvalue weighted by Crippen LogP contribution is 2.26. The molecule has 0 aliphatic heterocycles. The van der Waals surface area contributed by atoms with Gasteiger partial charge in [-0.1, -0.05) is 17.7 Å². The van der Waals surface area contributed by atoms with Crippen LogP contribution in [0.1, 0.15) is 12.5 Å². The lowest BCUT2D eigenvalue weighted by Gasteiger charge is -2.17. The average molecular weight is 315 g/mol. The minimum absolute atomic E-state index is 0.00968. The zero-order valence-corrected chi connectivity index (χ0v) is 13.6. The van der Waals surface area contributed by atoms with Gasteiger partial charge in [-0.25, -0.2) is 0 Å². The molecule has 1 aromatic rings. The van der Waals surface area contributed by atoms with Crippen molar-refractivity contribution in [2.24, 2.45) is 0 Å². The number of hydrogen-bond donors (Lipinski definition) is 1. The van der Waals surface area contributed by atoms with E-state index in [4.69, 9.17) is 21.1 Å². The second-order valence-corrected chi connectivity index (χ2v) is 4.99. The topological polar surface area (TPSA) is 50.8 Å². The summed E-state index contributed by atoms with van der Waals surface area (Å²) < 4.78 is 10.6. The number of carbonyl (C=O) groups is 1. The third-order valence-electron chi connectivity index (χ3n) is 3.11. The van der Waals surface area contributed by atoms with Crippen molar-refractivity contribution in [3.63, 3.8) is 0 Å². The van der Waals surface area contributed by atoms with Crippen LogP contribution in [0.15, 0.2) is 18.2 Å². The Bertz CT molecular complexity index is 455. The fourth-order valence-corrected chi connectivity index (χ4v) is 1.89. The Hall–Kier alpha value is -1.30. The number of rotatable bonds is 9. The maximum Gasteiger partial charge on any atom is 0.260 e. The average Bonchev–Trinajstić information content (AvgIpc) is 2.49. The Morgan fingerprint density at radius 2 is 2.19 bits per heavy atom. The molecule has 0 saturated heterocycles. The zero-order chi connectivity index (χ0) is 15.7. The van der Waals surface area contributed by atoms with Crippen LogP contribution in [0, 0.1) is 0 Å². The van der Waals surface area contributed by atoms with Crippen molar-refractivity contribution in [2.45, 2.75) is 13.5 Å². The molecule has 0 aliphatic carbocycles. The zero-order valence-electron chi connectivity index (χ0n) is 12.8. The Balaban J connectivity index is 2.64. The van der Waals surface area contributed by atoms with E-state index in [1.807, 2.05) is 25.1 Å². The molecular weight excluding hydrogens is 292 g/mol. The first-order valence-electron chi connectivity index (χ1n) is 6.94. The molecule has 0 aliphatic rings. The number of nitrogens with zero attached hydrogens (tertiary/aromatic N) is 1. The van der Waals surface area contributed by atoms with E-state index in [0.29, 0.717) is 30.5 Å². The molecule has 1 amide bonds. The van der Waals surface area contributed by atoms with Gasteiger partial charge in [-0.15, -0.1) is 0 Å². The van der Waals surface area contributed by atoms with E-state index >= 15 is 0 Å². The summed E-state index contributed by atoms with van der Waals surface area (Å²) in [6.07, 6.45) is 0. The number of carbonyl (C=O) groups excluding carboxylic acids is 1. The molecule has 5 nitrogen and oxygen atoms in total. The molecule has 0 aromatic heterocycles. The van der Waals surface area contributed by atoms with Gasteiger partial charge in [-0.3, -0.25) is 4.79 Å². The molecular formula is C15H23ClN2O3. The molecule has 0 bridgehead atoms. The Kier molecular flexibility index (Phi) is 8.12. The molecule has 1 N–H and O–H groups in total. The van der Waals surface area contributed by atoms with Crippen LogP contribution in [0.4, 0.5) is 0 Å². The van der Waals surface area contributed by atoms with Gasteiger partial charge in [0.05, 0.1) is 6.61 Å². The van der Waals surface area contributed by atoms with Gasteiger partial charge in [0.25, 0.3) is 5.91 Å². The predicted octanol–water partition coefficient (Wildman–Crippen LogP) is 1.93. The molecule has 0 saturated carbocycles. The number of methoxy groups -OCH3 is 1. The SMILES string of the molecule is CCN(C)C(=O)COc1cccc(Cl)c1CNCCOC. The fraction of sp³-hybridized carbons (Fsp3) is 0.533. The van der Waals surface area contributed by atoms with Crippen LogP contribution in [-0.4, -0.2) is 51.3 Å². The number of ether oxygens (including phenoxy) is 2. The summed E-state index contributed by atoms with van der Waals surface area (Å²) in [6, 6.07) is 5.44. The van der Waals surface area contributed by atoms with Crippen LogP contribution in [-0.2, 0) is 16.1 Å². The minimum Gasteiger partial charge on any atom is -0.483 e. The number of likely N-dealkylation sites (N-methyl/N-ethyl adjacent to an activating group) is 1. The van der Waals surface area contributed by atoms with Crippen molar-refractivity contribution in [1.29, 1.82) is 0 Å². The van der Waals surface area contributed by atoms with Gasteiger partial charge in [0.15, 0.2) is 6.61 Å². The van der Waals surface area contributed by atoms with E-state index < -0.39 is 0 Å². The summed E-state index contributed by atoms with van der Waals surface area (Å²) in [5.41, 5.74) is 0.849. The van der Waals surface area contributed by atoms with E-state index in [2.05, 4.69) is 5.32 Å². The first kappa shape index (κ1) is 17.8. The van der Waals surface area contributed by atoms with Crippen molar-refractivity contribution in [1.82, 2.24) is 10.2 Å². The molecule has 0 heterocycles. The van der Waals surface area contributed by atoms with Crippen molar-refractivity contribution in [3.05, 3.63) is 28.8 Å². The lowest BCUT2D eigenvalue weighted by Crippen LogP contribution is -2.31. The number of benzene rings is 1. The molecule has 118 valence electrons. The number of amides is 1. The minimum atomic E-state index is -0.0595. The van der Waals surface area contributed by atoms with Gasteiger partial charge in [0.1, 0.15) is 5.75 Å². The largest absolute Gasteiger partial charge is 0.483 e. The third-order valence-corrected chi connectivity index (χ3v) is 3.47. The summed E-state index contributed by atoms with van der Waals surface area (Å²) >= 11 is 6.20. The Morgan fingerprint density at radius 3 is 2.86 bits per heavy atom. The second-order valence-electron chi connectivity index (χ2n) is 4.58. The van der Waals surface area contributed by atoms with Gasteiger partial charge in [-0.05, 0) is 19.1 Å². The first-order chi connectivity index (χ1) is 10.1. The van der Waals surface area contributed by atoms with Gasteiger partial charge in [-0.2, -0.15) is 0 Å². The third kappa shape index (κ3) is 5.91. The van der Waals surface area contributed by atoms with Crippen molar-refractivity contribution >= 4 is 17.5 Å². The molecule has 21 heavy (non-hydrogen) atoms. The molecule has 6 heteroatoms. The molecule has 1 aromatic carbocycles. The summed E-state index contributed by atoms with van der Waals surface area (Å²) in [6.45, 7) is 4.50. The molecule has 0 unspecified atom stereocenters. The summed E-state index contributed by atoms with van der Waals surface area (Å²) in [4.78, 5) is 13.4. The fourth-order valence-electron chi connectivity index (χ4n) is 1.66. The molecule has 0 radical (unpaired) electrons. The standard InChI is InChI=1S/C15H23ClN2O3/c1-4-18(2)15(19)11-21-14-7-5-6-13(16)12(14)10-17-8-9-20-3/h5-7,17H,4,8-11H2,1-3H3. The van der Waals surface area contributed by atoms with Crippen LogP contribution in [0.3, 0.4) is 0 Å². The van der Waals surface area contributed by atoms with Gasteiger partial charge in [0.2, 0.25) is 0 Å². The van der Waals surface area contributed by atoms with E-state index in [1.54, 1.807) is 19.1 Å². The van der Waals surface area contributed by atoms with E-state index in [1.165, 1.54) is 0 Å². The lowest BCUT2D eigenvalue weighted by atomic mass is 10.2. The highest BCUT2D eigenvalue weighted by Gasteiger charge is 2.11. The first-order valence-corrected chi connectivity index (χ1v) is 7.31. The maximum atomic E-state index is 11.8. The smallest absolute Gasteiger partial charge is 0.260 e. The van der Waals surface area contributed by atoms with E-state index in [-0.39, 0.29) is 12.5 Å². The van der Waals surface area contributed by atoms with Crippen LogP contribution in [0.2, 0.25) is 5.02 Å². The number of hydrogen-bond acceptors (Lipinski definition) is 4. The van der Waals surface area contributed by atoms with Crippen LogP contribution in [0.25, 0.3) is 0 Å². The van der Waals surface area contributed by atoms with Crippen molar-refractivity contribution in [3.8, 4) is 5.75 Å². The molecule has 0 spiro atoms. The summed E-state index contributed by atoms with van der Waals surface area (Å²) in [5.74, 6) is 0.570. The van der Waals surface area contributed by atoms with Gasteiger partial charge < -0.3 is 19.7 Å². The molecule has 1 rings (SSSR count). The van der Waals surface area contributed by atoms with Crippen molar-refractivity contribution < 1.29 is 14.3 Å². The van der Waals surface area contributed by atoms with Gasteiger partial charge >= 0.3 is 0 Å². The predicted molar refractivity (Wildman–Crippen MR) is 83.8 cm³/mol. The molecule has 0 fully saturated rings. The molecule has 0 atom stereocenters.